The number of carboxylic acid groups (broad SMARTS) is 3. The molecule has 0 amide bonds. The van der Waals surface area contributed by atoms with Gasteiger partial charge in [0.05, 0.1) is 6.54 Å². The van der Waals surface area contributed by atoms with Gasteiger partial charge in [0, 0.05) is 0 Å². The first-order chi connectivity index (χ1) is 11.8. The number of carboxylic acids is 3. The summed E-state index contributed by atoms with van der Waals surface area (Å²) in [5, 5.41) is 25.7. The SMILES string of the molecule is NCC(=O)O.NCCCC[C@H](NN[C@@H](CCCCN)C(=O)O)C(=O)O. The fourth-order valence-electron chi connectivity index (χ4n) is 1.70. The Morgan fingerprint density at radius 2 is 1.04 bits per heavy atom. The fourth-order valence-corrected chi connectivity index (χ4v) is 1.70. The zero-order chi connectivity index (χ0) is 19.7. The fraction of sp³-hybridized carbons (Fsp3) is 0.786. The highest BCUT2D eigenvalue weighted by molar-refractivity contribution is 5.74. The predicted octanol–water partition coefficient (Wildman–Crippen LogP) is -1.73. The highest BCUT2D eigenvalue weighted by Crippen LogP contribution is 2.03. The molecule has 0 saturated carbocycles. The van der Waals surface area contributed by atoms with Gasteiger partial charge < -0.3 is 32.5 Å². The summed E-state index contributed by atoms with van der Waals surface area (Å²) in [5.41, 5.74) is 20.4. The first-order valence-corrected chi connectivity index (χ1v) is 8.08. The molecule has 0 unspecified atom stereocenters. The Labute approximate surface area is 146 Å². The van der Waals surface area contributed by atoms with Crippen LogP contribution in [0.4, 0.5) is 0 Å². The normalized spacial score (nSPS) is 12.6. The third-order valence-corrected chi connectivity index (χ3v) is 3.10. The minimum atomic E-state index is -1.01. The summed E-state index contributed by atoms with van der Waals surface area (Å²) in [5.74, 6) is -2.99. The van der Waals surface area contributed by atoms with Crippen molar-refractivity contribution in [1.82, 2.24) is 10.9 Å². The molecule has 11 heteroatoms. The summed E-state index contributed by atoms with van der Waals surface area (Å²) in [7, 11) is 0. The van der Waals surface area contributed by atoms with Crippen LogP contribution in [0.3, 0.4) is 0 Å². The molecule has 0 heterocycles. The van der Waals surface area contributed by atoms with Gasteiger partial charge in [0.15, 0.2) is 0 Å². The molecule has 0 saturated heterocycles. The zero-order valence-electron chi connectivity index (χ0n) is 14.3. The van der Waals surface area contributed by atoms with E-state index in [4.69, 9.17) is 26.8 Å². The smallest absolute Gasteiger partial charge is 0.322 e. The molecule has 0 rings (SSSR count). The van der Waals surface area contributed by atoms with Crippen molar-refractivity contribution in [1.29, 1.82) is 0 Å². The number of hydrogen-bond donors (Lipinski definition) is 8. The predicted molar refractivity (Wildman–Crippen MR) is 91.6 cm³/mol. The Kier molecular flexibility index (Phi) is 17.4. The number of nitrogens with two attached hydrogens (primary N) is 3. The average Bonchev–Trinajstić information content (AvgIpc) is 2.56. The summed E-state index contributed by atoms with van der Waals surface area (Å²) in [6.45, 7) is 0.743. The molecule has 0 aliphatic carbocycles. The minimum absolute atomic E-state index is 0.278. The lowest BCUT2D eigenvalue weighted by Crippen LogP contribution is -2.52. The van der Waals surface area contributed by atoms with Gasteiger partial charge in [0.25, 0.3) is 0 Å². The second-order valence-corrected chi connectivity index (χ2v) is 5.24. The summed E-state index contributed by atoms with van der Waals surface area (Å²) in [6.07, 6.45) is 3.62. The monoisotopic (exact) mass is 365 g/mol. The third-order valence-electron chi connectivity index (χ3n) is 3.10. The number of hydrazine groups is 1. The van der Waals surface area contributed by atoms with Crippen LogP contribution in [0, 0.1) is 0 Å². The second kappa shape index (κ2) is 17.0. The van der Waals surface area contributed by atoms with Gasteiger partial charge in [-0.25, -0.2) is 10.9 Å². The number of rotatable bonds is 14. The van der Waals surface area contributed by atoms with E-state index in [9.17, 15) is 14.4 Å². The molecule has 11 N–H and O–H groups in total. The van der Waals surface area contributed by atoms with Crippen molar-refractivity contribution >= 4 is 17.9 Å². The molecule has 0 aliphatic rings. The van der Waals surface area contributed by atoms with E-state index in [-0.39, 0.29) is 6.54 Å². The van der Waals surface area contributed by atoms with Gasteiger partial charge in [0.1, 0.15) is 12.1 Å². The van der Waals surface area contributed by atoms with E-state index >= 15 is 0 Å². The van der Waals surface area contributed by atoms with Crippen LogP contribution in [0.2, 0.25) is 0 Å². The molecule has 0 aromatic rings. The number of aliphatic carboxylic acids is 3. The standard InChI is InChI=1S/C12H26N4O4.C2H5NO2/c13-7-3-1-5-9(11(17)18)15-16-10(12(19)20)6-2-4-8-14;3-1-2(4)5/h9-10,15-16H,1-8,13-14H2,(H,17,18)(H,19,20);1,3H2,(H,4,5)/t9-,10-;/m0./s1. The van der Waals surface area contributed by atoms with E-state index in [0.717, 1.165) is 12.8 Å². The van der Waals surface area contributed by atoms with E-state index in [1.165, 1.54) is 0 Å². The molecule has 0 spiro atoms. The quantitative estimate of drug-likeness (QED) is 0.128. The summed E-state index contributed by atoms with van der Waals surface area (Å²) in [4.78, 5) is 31.3. The average molecular weight is 365 g/mol. The Bertz CT molecular complexity index is 355. The van der Waals surface area contributed by atoms with Crippen molar-refractivity contribution < 1.29 is 29.7 Å². The van der Waals surface area contributed by atoms with Crippen molar-refractivity contribution in [3.05, 3.63) is 0 Å². The maximum absolute atomic E-state index is 11.0. The minimum Gasteiger partial charge on any atom is -0.480 e. The molecule has 2 atom stereocenters. The van der Waals surface area contributed by atoms with Crippen LogP contribution in [-0.2, 0) is 14.4 Å². The molecule has 0 aromatic carbocycles. The van der Waals surface area contributed by atoms with Gasteiger partial charge in [0.2, 0.25) is 0 Å². The zero-order valence-corrected chi connectivity index (χ0v) is 14.3. The maximum atomic E-state index is 11.0. The van der Waals surface area contributed by atoms with E-state index in [0.29, 0.717) is 38.8 Å². The van der Waals surface area contributed by atoms with Crippen LogP contribution < -0.4 is 28.1 Å². The van der Waals surface area contributed by atoms with E-state index in [1.54, 1.807) is 0 Å². The number of nitrogens with one attached hydrogen (secondary N) is 2. The molecular formula is C14H31N5O6. The Balaban J connectivity index is 0. The lowest BCUT2D eigenvalue weighted by atomic mass is 10.1. The van der Waals surface area contributed by atoms with Crippen LogP contribution >= 0.6 is 0 Å². The molecule has 0 bridgehead atoms. The van der Waals surface area contributed by atoms with Crippen molar-refractivity contribution in [3.8, 4) is 0 Å². The Hall–Kier alpha value is -1.79. The number of hydrogen-bond acceptors (Lipinski definition) is 8. The first-order valence-electron chi connectivity index (χ1n) is 8.08. The maximum Gasteiger partial charge on any atom is 0.322 e. The second-order valence-electron chi connectivity index (χ2n) is 5.24. The van der Waals surface area contributed by atoms with Gasteiger partial charge in [-0.3, -0.25) is 14.4 Å². The van der Waals surface area contributed by atoms with Crippen LogP contribution in [0.15, 0.2) is 0 Å². The molecule has 25 heavy (non-hydrogen) atoms. The van der Waals surface area contributed by atoms with Crippen LogP contribution in [0.1, 0.15) is 38.5 Å². The van der Waals surface area contributed by atoms with E-state index < -0.39 is 30.0 Å². The molecule has 0 fully saturated rings. The Morgan fingerprint density at radius 3 is 1.24 bits per heavy atom. The first kappa shape index (κ1) is 25.5. The van der Waals surface area contributed by atoms with Crippen LogP contribution in [-0.4, -0.2) is 64.9 Å². The molecule has 0 aliphatic heterocycles. The van der Waals surface area contributed by atoms with Gasteiger partial charge in [-0.2, -0.15) is 0 Å². The molecular weight excluding hydrogens is 334 g/mol. The Morgan fingerprint density at radius 1 is 0.720 bits per heavy atom. The van der Waals surface area contributed by atoms with Gasteiger partial charge in [-0.15, -0.1) is 0 Å². The van der Waals surface area contributed by atoms with E-state index in [2.05, 4.69) is 16.6 Å². The van der Waals surface area contributed by atoms with Gasteiger partial charge in [-0.1, -0.05) is 0 Å². The van der Waals surface area contributed by atoms with E-state index in [1.807, 2.05) is 0 Å². The van der Waals surface area contributed by atoms with Crippen molar-refractivity contribution in [3.63, 3.8) is 0 Å². The number of unbranched alkanes of at least 4 members (excludes halogenated alkanes) is 2. The number of carbonyl (C=O) groups is 3. The summed E-state index contributed by atoms with van der Waals surface area (Å²) < 4.78 is 0. The van der Waals surface area contributed by atoms with Crippen molar-refractivity contribution in [2.75, 3.05) is 19.6 Å². The van der Waals surface area contributed by atoms with Gasteiger partial charge in [-0.05, 0) is 51.6 Å². The van der Waals surface area contributed by atoms with Gasteiger partial charge >= 0.3 is 17.9 Å². The lowest BCUT2D eigenvalue weighted by molar-refractivity contribution is -0.143. The summed E-state index contributed by atoms with van der Waals surface area (Å²) in [6, 6.07) is -1.64. The van der Waals surface area contributed by atoms with Crippen LogP contribution in [0.5, 0.6) is 0 Å². The molecule has 148 valence electrons. The third kappa shape index (κ3) is 16.8. The molecule has 0 aromatic heterocycles. The lowest BCUT2D eigenvalue weighted by Gasteiger charge is -2.19. The van der Waals surface area contributed by atoms with Crippen molar-refractivity contribution in [2.45, 2.75) is 50.6 Å². The topological polar surface area (TPSA) is 214 Å². The van der Waals surface area contributed by atoms with Crippen LogP contribution in [0.25, 0.3) is 0 Å². The molecule has 0 radical (unpaired) electrons. The highest BCUT2D eigenvalue weighted by Gasteiger charge is 2.21. The van der Waals surface area contributed by atoms with Crippen molar-refractivity contribution in [2.24, 2.45) is 17.2 Å². The summed E-state index contributed by atoms with van der Waals surface area (Å²) >= 11 is 0. The molecule has 11 nitrogen and oxygen atoms in total. The largest absolute Gasteiger partial charge is 0.480 e. The highest BCUT2D eigenvalue weighted by atomic mass is 16.4.